The molecule has 0 spiro atoms. The van der Waals surface area contributed by atoms with Crippen LogP contribution in [-0.2, 0) is 0 Å². The van der Waals surface area contributed by atoms with E-state index in [1.165, 1.54) is 24.4 Å². The number of pyridine rings is 1. The summed E-state index contributed by atoms with van der Waals surface area (Å²) >= 11 is 11.7. The molecule has 0 saturated heterocycles. The summed E-state index contributed by atoms with van der Waals surface area (Å²) < 4.78 is 5.46. The maximum atomic E-state index is 10.8. The van der Waals surface area contributed by atoms with Gasteiger partial charge in [0.05, 0.1) is 5.02 Å². The molecule has 0 unspecified atom stereocenters. The first-order valence-corrected chi connectivity index (χ1v) is 5.64. The Kier molecular flexibility index (Phi) is 3.69. The van der Waals surface area contributed by atoms with E-state index in [0.29, 0.717) is 21.5 Å². The molecule has 18 heavy (non-hydrogen) atoms. The number of ether oxygens (including phenoxy) is 1. The van der Waals surface area contributed by atoms with Crippen LogP contribution in [0.25, 0.3) is 0 Å². The first-order chi connectivity index (χ1) is 8.56. The van der Waals surface area contributed by atoms with E-state index in [2.05, 4.69) is 4.98 Å². The Balaban J connectivity index is 2.28. The van der Waals surface area contributed by atoms with Crippen molar-refractivity contribution in [2.24, 2.45) is 0 Å². The van der Waals surface area contributed by atoms with E-state index < -0.39 is 5.97 Å². The van der Waals surface area contributed by atoms with Crippen LogP contribution in [0.1, 0.15) is 10.5 Å². The van der Waals surface area contributed by atoms with E-state index in [9.17, 15) is 4.79 Å². The fourth-order valence-electron chi connectivity index (χ4n) is 1.28. The van der Waals surface area contributed by atoms with Gasteiger partial charge in [-0.3, -0.25) is 0 Å². The minimum absolute atomic E-state index is 0.0995. The van der Waals surface area contributed by atoms with Gasteiger partial charge in [-0.15, -0.1) is 0 Å². The average molecular weight is 284 g/mol. The number of rotatable bonds is 3. The van der Waals surface area contributed by atoms with Crippen molar-refractivity contribution in [3.8, 4) is 11.5 Å². The third kappa shape index (κ3) is 2.91. The Hall–Kier alpha value is -1.78. The van der Waals surface area contributed by atoms with Gasteiger partial charge in [-0.2, -0.15) is 0 Å². The van der Waals surface area contributed by atoms with Crippen LogP contribution in [0, 0.1) is 0 Å². The molecular formula is C12H7Cl2NO3. The molecule has 1 heterocycles. The van der Waals surface area contributed by atoms with Crippen LogP contribution < -0.4 is 4.74 Å². The second-order valence-corrected chi connectivity index (χ2v) is 4.20. The topological polar surface area (TPSA) is 59.4 Å². The Bertz CT molecular complexity index is 602. The lowest BCUT2D eigenvalue weighted by Gasteiger charge is -2.07. The lowest BCUT2D eigenvalue weighted by Crippen LogP contribution is -1.99. The maximum Gasteiger partial charge on any atom is 0.354 e. The molecule has 0 atom stereocenters. The van der Waals surface area contributed by atoms with Gasteiger partial charge in [0.1, 0.15) is 11.5 Å². The first-order valence-electron chi connectivity index (χ1n) is 4.88. The molecule has 0 saturated carbocycles. The summed E-state index contributed by atoms with van der Waals surface area (Å²) in [6, 6.07) is 7.62. The standard InChI is InChI=1S/C12H7Cl2NO3/c13-7-1-2-11(9(14)5-7)18-8-3-4-15-10(6-8)12(16)17/h1-6H,(H,16,17). The van der Waals surface area contributed by atoms with Crippen LogP contribution >= 0.6 is 23.2 Å². The quantitative estimate of drug-likeness (QED) is 0.929. The molecule has 1 N–H and O–H groups in total. The van der Waals surface area contributed by atoms with Crippen molar-refractivity contribution in [3.05, 3.63) is 52.3 Å². The van der Waals surface area contributed by atoms with E-state index in [0.717, 1.165) is 0 Å². The normalized spacial score (nSPS) is 10.1. The lowest BCUT2D eigenvalue weighted by atomic mass is 10.3. The number of aromatic nitrogens is 1. The zero-order chi connectivity index (χ0) is 13.1. The van der Waals surface area contributed by atoms with Crippen molar-refractivity contribution in [2.75, 3.05) is 0 Å². The zero-order valence-corrected chi connectivity index (χ0v) is 10.4. The van der Waals surface area contributed by atoms with Gasteiger partial charge in [0, 0.05) is 17.3 Å². The van der Waals surface area contributed by atoms with Crippen LogP contribution in [0.4, 0.5) is 0 Å². The number of carboxylic acids is 1. The predicted molar refractivity (Wildman–Crippen MR) is 67.7 cm³/mol. The van der Waals surface area contributed by atoms with Crippen molar-refractivity contribution in [3.63, 3.8) is 0 Å². The second kappa shape index (κ2) is 5.25. The number of halogens is 2. The van der Waals surface area contributed by atoms with Crippen LogP contribution in [-0.4, -0.2) is 16.1 Å². The van der Waals surface area contributed by atoms with Gasteiger partial charge in [-0.05, 0) is 24.3 Å². The molecule has 0 aliphatic heterocycles. The molecule has 0 bridgehead atoms. The molecule has 0 aliphatic rings. The zero-order valence-electron chi connectivity index (χ0n) is 8.93. The van der Waals surface area contributed by atoms with Crippen LogP contribution in [0.5, 0.6) is 11.5 Å². The highest BCUT2D eigenvalue weighted by Crippen LogP contribution is 2.31. The van der Waals surface area contributed by atoms with E-state index in [4.69, 9.17) is 33.0 Å². The number of hydrogen-bond donors (Lipinski definition) is 1. The van der Waals surface area contributed by atoms with E-state index in [1.54, 1.807) is 12.1 Å². The van der Waals surface area contributed by atoms with Gasteiger partial charge in [-0.1, -0.05) is 23.2 Å². The third-order valence-electron chi connectivity index (χ3n) is 2.07. The monoisotopic (exact) mass is 283 g/mol. The number of carbonyl (C=O) groups is 1. The third-order valence-corrected chi connectivity index (χ3v) is 2.60. The summed E-state index contributed by atoms with van der Waals surface area (Å²) in [4.78, 5) is 14.4. The highest BCUT2D eigenvalue weighted by molar-refractivity contribution is 6.35. The summed E-state index contributed by atoms with van der Waals surface area (Å²) in [5.74, 6) is -0.391. The molecule has 4 nitrogen and oxygen atoms in total. The first kappa shape index (κ1) is 12.7. The summed E-state index contributed by atoms with van der Waals surface area (Å²) in [5.41, 5.74) is -0.0995. The van der Waals surface area contributed by atoms with Gasteiger partial charge < -0.3 is 9.84 Å². The van der Waals surface area contributed by atoms with Crippen molar-refractivity contribution >= 4 is 29.2 Å². The Morgan fingerprint density at radius 2 is 2.00 bits per heavy atom. The summed E-state index contributed by atoms with van der Waals surface area (Å²) in [7, 11) is 0. The molecule has 0 amide bonds. The van der Waals surface area contributed by atoms with Gasteiger partial charge in [-0.25, -0.2) is 9.78 Å². The average Bonchev–Trinajstić information content (AvgIpc) is 2.33. The van der Waals surface area contributed by atoms with Gasteiger partial charge in [0.15, 0.2) is 5.69 Å². The number of nitrogens with zero attached hydrogens (tertiary/aromatic N) is 1. The molecule has 0 radical (unpaired) electrons. The lowest BCUT2D eigenvalue weighted by molar-refractivity contribution is 0.0690. The van der Waals surface area contributed by atoms with Crippen LogP contribution in [0.15, 0.2) is 36.5 Å². The molecule has 2 rings (SSSR count). The van der Waals surface area contributed by atoms with Crippen molar-refractivity contribution < 1.29 is 14.6 Å². The maximum absolute atomic E-state index is 10.8. The molecule has 2 aromatic rings. The number of carboxylic acid groups (broad SMARTS) is 1. The molecule has 0 aliphatic carbocycles. The number of hydrogen-bond acceptors (Lipinski definition) is 3. The fraction of sp³-hybridized carbons (Fsp3) is 0. The Labute approximate surface area is 113 Å². The van der Waals surface area contributed by atoms with Crippen molar-refractivity contribution in [1.29, 1.82) is 0 Å². The minimum atomic E-state index is -1.12. The second-order valence-electron chi connectivity index (χ2n) is 3.36. The van der Waals surface area contributed by atoms with Gasteiger partial charge in [0.25, 0.3) is 0 Å². The molecule has 0 fully saturated rings. The Morgan fingerprint density at radius 1 is 1.22 bits per heavy atom. The highest BCUT2D eigenvalue weighted by atomic mass is 35.5. The van der Waals surface area contributed by atoms with E-state index in [1.807, 2.05) is 0 Å². The SMILES string of the molecule is O=C(O)c1cc(Oc2ccc(Cl)cc2Cl)ccn1. The summed E-state index contributed by atoms with van der Waals surface area (Å²) in [5, 5.41) is 9.64. The predicted octanol–water partition coefficient (Wildman–Crippen LogP) is 3.88. The van der Waals surface area contributed by atoms with Crippen LogP contribution in [0.2, 0.25) is 10.0 Å². The smallest absolute Gasteiger partial charge is 0.354 e. The van der Waals surface area contributed by atoms with E-state index >= 15 is 0 Å². The number of aromatic carboxylic acids is 1. The molecule has 1 aromatic carbocycles. The molecule has 1 aromatic heterocycles. The molecule has 6 heteroatoms. The van der Waals surface area contributed by atoms with Gasteiger partial charge in [0.2, 0.25) is 0 Å². The molecular weight excluding hydrogens is 277 g/mol. The largest absolute Gasteiger partial charge is 0.477 e. The summed E-state index contributed by atoms with van der Waals surface area (Å²) in [6.07, 6.45) is 1.35. The number of benzene rings is 1. The highest BCUT2D eigenvalue weighted by Gasteiger charge is 2.08. The van der Waals surface area contributed by atoms with Crippen LogP contribution in [0.3, 0.4) is 0 Å². The fourth-order valence-corrected chi connectivity index (χ4v) is 1.72. The van der Waals surface area contributed by atoms with Gasteiger partial charge >= 0.3 is 5.97 Å². The Morgan fingerprint density at radius 3 is 2.67 bits per heavy atom. The van der Waals surface area contributed by atoms with Crippen molar-refractivity contribution in [2.45, 2.75) is 0 Å². The molecule has 92 valence electrons. The van der Waals surface area contributed by atoms with E-state index in [-0.39, 0.29) is 5.69 Å². The van der Waals surface area contributed by atoms with Crippen molar-refractivity contribution in [1.82, 2.24) is 4.98 Å². The minimum Gasteiger partial charge on any atom is -0.477 e. The summed E-state index contributed by atoms with van der Waals surface area (Å²) in [6.45, 7) is 0.